The number of imidazole rings is 2. The number of ether oxygens (including phenoxy) is 2. The van der Waals surface area contributed by atoms with Crippen molar-refractivity contribution in [3.8, 4) is 11.8 Å². The number of amides is 1. The molecule has 14 N–H and O–H groups in total. The highest BCUT2D eigenvalue weighted by Gasteiger charge is 2.77. The molecule has 4 bridgehead atoms. The van der Waals surface area contributed by atoms with E-state index in [0.717, 1.165) is 11.3 Å². The van der Waals surface area contributed by atoms with E-state index >= 15 is 0 Å². The lowest BCUT2D eigenvalue weighted by Gasteiger charge is -2.75. The maximum absolute atomic E-state index is 14.5. The van der Waals surface area contributed by atoms with Gasteiger partial charge in [-0.1, -0.05) is 45.3 Å². The van der Waals surface area contributed by atoms with Gasteiger partial charge in [-0.25, -0.2) is 9.97 Å². The van der Waals surface area contributed by atoms with Crippen LogP contribution in [0.25, 0.3) is 0 Å². The molecule has 6 aliphatic carbocycles. The van der Waals surface area contributed by atoms with Crippen LogP contribution in [0.4, 0.5) is 0 Å². The van der Waals surface area contributed by atoms with Crippen LogP contribution in [0.1, 0.15) is 116 Å². The number of aliphatic hydroxyl groups is 8. The fraction of sp³-hybridized carbons (Fsp3) is 0.782. The molecule has 19 nitrogen and oxygen atoms in total. The van der Waals surface area contributed by atoms with Crippen molar-refractivity contribution in [2.45, 2.75) is 160 Å². The lowest BCUT2D eigenvalue weighted by Crippen LogP contribution is -2.74. The van der Waals surface area contributed by atoms with Gasteiger partial charge in [-0.15, -0.1) is 5.92 Å². The summed E-state index contributed by atoms with van der Waals surface area (Å²) in [5, 5.41) is 106. The molecule has 408 valence electrons. The van der Waals surface area contributed by atoms with Gasteiger partial charge >= 0.3 is 5.97 Å². The predicted molar refractivity (Wildman–Crippen MR) is 265 cm³/mol. The van der Waals surface area contributed by atoms with Crippen molar-refractivity contribution in [1.82, 2.24) is 25.3 Å². The third-order valence-corrected chi connectivity index (χ3v) is 21.9. The predicted octanol–water partition coefficient (Wildman–Crippen LogP) is 1.71. The third-order valence-electron chi connectivity index (χ3n) is 21.9. The van der Waals surface area contributed by atoms with Gasteiger partial charge in [0.1, 0.15) is 24.5 Å². The minimum absolute atomic E-state index is 0.0725. The number of nitrogens with zero attached hydrogens (tertiary/aromatic N) is 2. The minimum Gasteiger partial charge on any atom is -0.481 e. The van der Waals surface area contributed by atoms with Crippen LogP contribution in [0.2, 0.25) is 0 Å². The molecule has 19 heteroatoms. The van der Waals surface area contributed by atoms with Crippen LogP contribution in [0.15, 0.2) is 36.7 Å². The number of aromatic nitrogens is 4. The zero-order valence-corrected chi connectivity index (χ0v) is 43.1. The summed E-state index contributed by atoms with van der Waals surface area (Å²) in [7, 11) is 0. The maximum atomic E-state index is 14.5. The van der Waals surface area contributed by atoms with E-state index in [9.17, 15) is 55.5 Å². The van der Waals surface area contributed by atoms with E-state index in [0.29, 0.717) is 76.3 Å². The molecule has 2 saturated heterocycles. The quantitative estimate of drug-likeness (QED) is 0.0555. The SMILES string of the molecule is C[C@]1(CO)CC[C@]2(C(=O)O)C[C@H](Cc3cnc[nH]3)[C@@]34CCC#C[C@H]([C@@H]5[C@@H]([C@H](CC[C@@H](N)O)c6cnc[nH]6)NC(=O)[C@@H]5CO)[C@H]5[C@@H](O)[C@@H](O[C@@H]6OC[C@@H](O)[C@H](O)[C@H]6O)[C@@](C)(CO)[C@H]6CC[C@]3(C)[C@H](CC=C4[C@@H]2C1)[C@@]56C. The first kappa shape index (κ1) is 53.6. The van der Waals surface area contributed by atoms with Crippen molar-refractivity contribution in [3.05, 3.63) is 48.1 Å². The summed E-state index contributed by atoms with van der Waals surface area (Å²) in [6, 6.07) is -0.714. The first-order chi connectivity index (χ1) is 35.2. The van der Waals surface area contributed by atoms with Gasteiger partial charge in [0, 0.05) is 77.4 Å². The Bertz CT molecular complexity index is 2470. The first-order valence-electron chi connectivity index (χ1n) is 27.1. The summed E-state index contributed by atoms with van der Waals surface area (Å²) in [5.74, 6) is 0.888. The van der Waals surface area contributed by atoms with Crippen molar-refractivity contribution in [3.63, 3.8) is 0 Å². The number of rotatable bonds is 14. The highest BCUT2D eigenvalue weighted by atomic mass is 16.7. The third kappa shape index (κ3) is 7.93. The molecule has 2 aromatic rings. The van der Waals surface area contributed by atoms with Gasteiger partial charge in [0.2, 0.25) is 5.91 Å². The number of aromatic amines is 2. The Hall–Kier alpha value is -3.78. The number of carbonyl (C=O) groups is 2. The number of nitrogens with two attached hydrogens (primary N) is 1. The molecule has 0 radical (unpaired) electrons. The molecule has 74 heavy (non-hydrogen) atoms. The van der Waals surface area contributed by atoms with Crippen LogP contribution in [0.5, 0.6) is 0 Å². The fourth-order valence-electron chi connectivity index (χ4n) is 18.4. The molecule has 2 aliphatic heterocycles. The van der Waals surface area contributed by atoms with Crippen LogP contribution < -0.4 is 11.1 Å². The van der Waals surface area contributed by atoms with E-state index < -0.39 is 142 Å². The van der Waals surface area contributed by atoms with E-state index in [1.165, 1.54) is 6.33 Å². The smallest absolute Gasteiger partial charge is 0.310 e. The highest BCUT2D eigenvalue weighted by Crippen LogP contribution is 2.80. The van der Waals surface area contributed by atoms with Crippen molar-refractivity contribution in [2.75, 3.05) is 26.4 Å². The average molecular weight is 1030 g/mol. The summed E-state index contributed by atoms with van der Waals surface area (Å²) in [5.41, 5.74) is 3.61. The van der Waals surface area contributed by atoms with Crippen molar-refractivity contribution in [1.29, 1.82) is 0 Å². The number of carboxylic acid groups (broad SMARTS) is 1. The van der Waals surface area contributed by atoms with Gasteiger partial charge in [0.15, 0.2) is 6.29 Å². The average Bonchev–Trinajstić information content (AvgIpc) is 4.19. The van der Waals surface area contributed by atoms with E-state index in [1.807, 2.05) is 13.1 Å². The van der Waals surface area contributed by atoms with Crippen molar-refractivity contribution in [2.24, 2.45) is 85.6 Å². The number of nitrogens with one attached hydrogen (secondary N) is 3. The monoisotopic (exact) mass is 1030 g/mol. The van der Waals surface area contributed by atoms with Crippen LogP contribution in [-0.4, -0.2) is 153 Å². The maximum Gasteiger partial charge on any atom is 0.310 e. The molecular formula is C55H80N6O13. The molecule has 0 unspecified atom stereocenters. The minimum atomic E-state index is -1.71. The molecule has 8 aliphatic rings. The molecule has 0 aromatic carbocycles. The van der Waals surface area contributed by atoms with Gasteiger partial charge in [-0.3, -0.25) is 9.59 Å². The largest absolute Gasteiger partial charge is 0.481 e. The van der Waals surface area contributed by atoms with E-state index in [2.05, 4.69) is 63.9 Å². The van der Waals surface area contributed by atoms with Crippen molar-refractivity contribution >= 4 is 11.9 Å². The molecular weight excluding hydrogens is 953 g/mol. The Morgan fingerprint density at radius 2 is 1.70 bits per heavy atom. The summed E-state index contributed by atoms with van der Waals surface area (Å²) in [6.07, 6.45) is 4.34. The second-order valence-electron chi connectivity index (χ2n) is 25.2. The molecule has 23 atom stereocenters. The lowest BCUT2D eigenvalue weighted by molar-refractivity contribution is -0.344. The number of aliphatic carboxylic acids is 1. The zero-order chi connectivity index (χ0) is 52.9. The zero-order valence-electron chi connectivity index (χ0n) is 43.1. The van der Waals surface area contributed by atoms with E-state index in [1.54, 1.807) is 12.5 Å². The number of allylic oxidation sites excluding steroid dienone is 2. The Morgan fingerprint density at radius 3 is 2.36 bits per heavy atom. The second kappa shape index (κ2) is 19.6. The number of hydrogen-bond acceptors (Lipinski definition) is 15. The van der Waals surface area contributed by atoms with Gasteiger partial charge in [0.25, 0.3) is 0 Å². The molecule has 1 spiro atoms. The van der Waals surface area contributed by atoms with Crippen molar-refractivity contribution < 1.29 is 65.0 Å². The summed E-state index contributed by atoms with van der Waals surface area (Å²) < 4.78 is 12.6. The molecule has 6 fully saturated rings. The fourth-order valence-corrected chi connectivity index (χ4v) is 18.4. The molecule has 4 saturated carbocycles. The van der Waals surface area contributed by atoms with Crippen LogP contribution in [-0.2, 0) is 25.5 Å². The summed E-state index contributed by atoms with van der Waals surface area (Å²) in [6.45, 7) is 7.10. The Balaban J connectivity index is 1.21. The number of carbonyl (C=O) groups excluding carboxylic acids is 1. The number of hydrogen-bond donors (Lipinski definition) is 13. The Morgan fingerprint density at radius 1 is 0.946 bits per heavy atom. The van der Waals surface area contributed by atoms with E-state index in [4.69, 9.17) is 15.2 Å². The summed E-state index contributed by atoms with van der Waals surface area (Å²) in [4.78, 5) is 43.9. The van der Waals surface area contributed by atoms with Crippen LogP contribution in [0.3, 0.4) is 0 Å². The van der Waals surface area contributed by atoms with Gasteiger partial charge in [0.05, 0.1) is 56.0 Å². The van der Waals surface area contributed by atoms with Crippen LogP contribution >= 0.6 is 0 Å². The Labute approximate surface area is 432 Å². The molecule has 2 aromatic heterocycles. The number of aliphatic hydroxyl groups excluding tert-OH is 8. The topological polar surface area (TPSA) is 330 Å². The van der Waals surface area contributed by atoms with E-state index in [-0.39, 0.29) is 37.4 Å². The van der Waals surface area contributed by atoms with Crippen LogP contribution in [0, 0.1) is 91.7 Å². The normalized spacial score (nSPS) is 47.4. The molecule has 4 heterocycles. The number of fused-ring (bicyclic) bond motifs is 2. The number of H-pyrrole nitrogens is 2. The first-order valence-corrected chi connectivity index (χ1v) is 27.1. The number of carboxylic acids is 1. The summed E-state index contributed by atoms with van der Waals surface area (Å²) >= 11 is 0. The second-order valence-corrected chi connectivity index (χ2v) is 25.2. The van der Waals surface area contributed by atoms with Gasteiger partial charge < -0.3 is 76.5 Å². The highest BCUT2D eigenvalue weighted by molar-refractivity contribution is 5.82. The van der Waals surface area contributed by atoms with Gasteiger partial charge in [-0.2, -0.15) is 0 Å². The lowest BCUT2D eigenvalue weighted by atomic mass is 9.29. The molecule has 1 amide bonds. The molecule has 10 rings (SSSR count). The Kier molecular flexibility index (Phi) is 14.2. The standard InChI is InChI=1S/C55H80N6O13/c1-50(24-63)15-16-54(49(71)72)18-28(17-29-20-57-26-59-29)55-13-6-5-7-31(40-32(22-62)47(70)61-42(40)30(8-11-39(56)66)35-21-58-27-60-35)41-44(68)46(74-48-45(69)43(67)36(65)23-73-48)51(2,25-64)37-12-14-52(55,3)38(53(37,41)4)10-9-33(55)34(54)19-50/h9,20-21,26-28,30-32,34,36-46,48,62-69H,6,8,10-19,22-25,56H2,1-4H3,(H,57,59)(H,58,60)(H,61,70)(H,71,72)/t28-,30+,31+,32+,34-,36+,37+,38-,39-,40-,41-,42+,43-,44+,45+,46+,48-,50-,51-,52+,53-,54-,55+/m0/s1. The van der Waals surface area contributed by atoms with Gasteiger partial charge in [-0.05, 0) is 111 Å².